The SMILES string of the molecule is CN(C)CCCNN(C(C)(C)O)C(C)(C)O. The maximum absolute atomic E-state index is 9.91. The zero-order chi connectivity index (χ0) is 13.0. The van der Waals surface area contributed by atoms with E-state index < -0.39 is 11.4 Å². The first kappa shape index (κ1) is 15.8. The fraction of sp³-hybridized carbons (Fsp3) is 1.00. The van der Waals surface area contributed by atoms with Crippen molar-refractivity contribution in [2.45, 2.75) is 45.6 Å². The highest BCUT2D eigenvalue weighted by molar-refractivity contribution is 4.74. The van der Waals surface area contributed by atoms with E-state index in [9.17, 15) is 10.2 Å². The van der Waals surface area contributed by atoms with Gasteiger partial charge in [-0.05, 0) is 54.8 Å². The summed E-state index contributed by atoms with van der Waals surface area (Å²) in [5.74, 6) is 0. The van der Waals surface area contributed by atoms with Gasteiger partial charge >= 0.3 is 0 Å². The van der Waals surface area contributed by atoms with Gasteiger partial charge in [0.05, 0.1) is 0 Å². The first-order valence-electron chi connectivity index (χ1n) is 5.68. The monoisotopic (exact) mass is 233 g/mol. The van der Waals surface area contributed by atoms with Crippen LogP contribution in [0.2, 0.25) is 0 Å². The first-order chi connectivity index (χ1) is 7.05. The summed E-state index contributed by atoms with van der Waals surface area (Å²) in [6.45, 7) is 8.26. The fourth-order valence-corrected chi connectivity index (χ4v) is 1.64. The van der Waals surface area contributed by atoms with Crippen LogP contribution < -0.4 is 5.43 Å². The Labute approximate surface area is 99.0 Å². The van der Waals surface area contributed by atoms with E-state index in [1.165, 1.54) is 5.01 Å². The molecule has 0 saturated heterocycles. The number of nitrogens with one attached hydrogen (secondary N) is 1. The Hall–Kier alpha value is -0.200. The van der Waals surface area contributed by atoms with E-state index in [1.807, 2.05) is 14.1 Å². The molecule has 0 amide bonds. The Morgan fingerprint density at radius 3 is 1.75 bits per heavy atom. The van der Waals surface area contributed by atoms with E-state index in [0.717, 1.165) is 13.0 Å². The Morgan fingerprint density at radius 1 is 1.00 bits per heavy atom. The van der Waals surface area contributed by atoms with Crippen molar-refractivity contribution in [2.24, 2.45) is 0 Å². The van der Waals surface area contributed by atoms with Crippen molar-refractivity contribution in [2.75, 3.05) is 27.2 Å². The number of aliphatic hydroxyl groups is 2. The normalized spacial score (nSPS) is 13.9. The van der Waals surface area contributed by atoms with Crippen LogP contribution >= 0.6 is 0 Å². The molecule has 3 N–H and O–H groups in total. The predicted octanol–water partition coefficient (Wildman–Crippen LogP) is 0.202. The van der Waals surface area contributed by atoms with Crippen LogP contribution in [0.5, 0.6) is 0 Å². The van der Waals surface area contributed by atoms with E-state index >= 15 is 0 Å². The van der Waals surface area contributed by atoms with E-state index in [4.69, 9.17) is 0 Å². The highest BCUT2D eigenvalue weighted by Gasteiger charge is 2.34. The summed E-state index contributed by atoms with van der Waals surface area (Å²) < 4.78 is 0. The van der Waals surface area contributed by atoms with Gasteiger partial charge < -0.3 is 15.1 Å². The summed E-state index contributed by atoms with van der Waals surface area (Å²) >= 11 is 0. The second-order valence-corrected chi connectivity index (χ2v) is 5.39. The molecule has 0 rings (SSSR count). The molecule has 16 heavy (non-hydrogen) atoms. The molecule has 0 aromatic heterocycles. The van der Waals surface area contributed by atoms with Gasteiger partial charge in [0.2, 0.25) is 0 Å². The zero-order valence-corrected chi connectivity index (χ0v) is 11.4. The first-order valence-corrected chi connectivity index (χ1v) is 5.68. The minimum absolute atomic E-state index is 0.714. The minimum Gasteiger partial charge on any atom is -0.375 e. The van der Waals surface area contributed by atoms with Gasteiger partial charge in [0.25, 0.3) is 0 Å². The van der Waals surface area contributed by atoms with Crippen LogP contribution in [0, 0.1) is 0 Å². The molecule has 0 radical (unpaired) electrons. The van der Waals surface area contributed by atoms with Crippen molar-refractivity contribution in [3.63, 3.8) is 0 Å². The molecule has 0 atom stereocenters. The molecule has 0 aliphatic heterocycles. The second-order valence-electron chi connectivity index (χ2n) is 5.39. The summed E-state index contributed by atoms with van der Waals surface area (Å²) in [5.41, 5.74) is 0.860. The van der Waals surface area contributed by atoms with Crippen molar-refractivity contribution < 1.29 is 10.2 Å². The van der Waals surface area contributed by atoms with Gasteiger partial charge in [0, 0.05) is 6.54 Å². The third kappa shape index (κ3) is 6.40. The lowest BCUT2D eigenvalue weighted by Gasteiger charge is -2.42. The highest BCUT2D eigenvalue weighted by Crippen LogP contribution is 2.17. The third-order valence-corrected chi connectivity index (χ3v) is 2.15. The summed E-state index contributed by atoms with van der Waals surface area (Å²) in [6, 6.07) is 0. The molecule has 0 aromatic carbocycles. The second kappa shape index (κ2) is 5.93. The van der Waals surface area contributed by atoms with Crippen LogP contribution in [-0.2, 0) is 0 Å². The summed E-state index contributed by atoms with van der Waals surface area (Å²) in [5, 5.41) is 21.3. The van der Waals surface area contributed by atoms with Crippen LogP contribution in [0.1, 0.15) is 34.1 Å². The lowest BCUT2D eigenvalue weighted by atomic mass is 10.2. The van der Waals surface area contributed by atoms with Crippen LogP contribution in [0.4, 0.5) is 0 Å². The van der Waals surface area contributed by atoms with Gasteiger partial charge in [0.1, 0.15) is 11.4 Å². The van der Waals surface area contributed by atoms with Crippen LogP contribution in [0.25, 0.3) is 0 Å². The van der Waals surface area contributed by atoms with Crippen molar-refractivity contribution in [1.29, 1.82) is 0 Å². The smallest absolute Gasteiger partial charge is 0.128 e. The zero-order valence-electron chi connectivity index (χ0n) is 11.4. The van der Waals surface area contributed by atoms with E-state index in [1.54, 1.807) is 27.7 Å². The van der Waals surface area contributed by atoms with Gasteiger partial charge in [-0.15, -0.1) is 0 Å². The van der Waals surface area contributed by atoms with Crippen LogP contribution in [0.3, 0.4) is 0 Å². The number of hydrogen-bond acceptors (Lipinski definition) is 5. The maximum atomic E-state index is 9.91. The van der Waals surface area contributed by atoms with Crippen molar-refractivity contribution >= 4 is 0 Å². The standard InChI is InChI=1S/C11H27N3O2/c1-10(2,15)14(11(3,4)16)12-8-7-9-13(5)6/h12,15-16H,7-9H2,1-6H3. The largest absolute Gasteiger partial charge is 0.375 e. The average molecular weight is 233 g/mol. The van der Waals surface area contributed by atoms with E-state index in [0.29, 0.717) is 6.54 Å². The van der Waals surface area contributed by atoms with E-state index in [2.05, 4.69) is 10.3 Å². The number of hydrogen-bond donors (Lipinski definition) is 3. The molecule has 0 unspecified atom stereocenters. The molecule has 0 aromatic rings. The van der Waals surface area contributed by atoms with Gasteiger partial charge in [-0.25, -0.2) is 0 Å². The molecule has 0 fully saturated rings. The fourth-order valence-electron chi connectivity index (χ4n) is 1.64. The molecule has 0 aliphatic carbocycles. The Morgan fingerprint density at radius 2 is 1.44 bits per heavy atom. The van der Waals surface area contributed by atoms with Crippen molar-refractivity contribution in [3.05, 3.63) is 0 Å². The van der Waals surface area contributed by atoms with Crippen molar-refractivity contribution in [1.82, 2.24) is 15.3 Å². The van der Waals surface area contributed by atoms with Crippen LogP contribution in [0.15, 0.2) is 0 Å². The molecule has 5 heteroatoms. The molecule has 0 spiro atoms. The van der Waals surface area contributed by atoms with Gasteiger partial charge in [-0.3, -0.25) is 5.43 Å². The highest BCUT2D eigenvalue weighted by atomic mass is 16.4. The third-order valence-electron chi connectivity index (χ3n) is 2.15. The maximum Gasteiger partial charge on any atom is 0.128 e. The van der Waals surface area contributed by atoms with Gasteiger partial charge in [-0.2, -0.15) is 5.01 Å². The van der Waals surface area contributed by atoms with Gasteiger partial charge in [-0.1, -0.05) is 0 Å². The molecule has 98 valence electrons. The molecular formula is C11H27N3O2. The van der Waals surface area contributed by atoms with E-state index in [-0.39, 0.29) is 0 Å². The summed E-state index contributed by atoms with van der Waals surface area (Å²) in [6.07, 6.45) is 0.954. The Bertz CT molecular complexity index is 180. The number of rotatable bonds is 7. The molecule has 0 heterocycles. The van der Waals surface area contributed by atoms with Crippen LogP contribution in [-0.4, -0.2) is 58.8 Å². The summed E-state index contributed by atoms with van der Waals surface area (Å²) in [4.78, 5) is 2.10. The molecule has 0 saturated carbocycles. The molecule has 0 bridgehead atoms. The molecule has 0 aliphatic rings. The molecule has 5 nitrogen and oxygen atoms in total. The predicted molar refractivity (Wildman–Crippen MR) is 65.6 cm³/mol. The number of hydrazine groups is 1. The van der Waals surface area contributed by atoms with Crippen molar-refractivity contribution in [3.8, 4) is 0 Å². The number of nitrogens with zero attached hydrogens (tertiary/aromatic N) is 2. The minimum atomic E-state index is -1.10. The van der Waals surface area contributed by atoms with Gasteiger partial charge in [0.15, 0.2) is 0 Å². The quantitative estimate of drug-likeness (QED) is 0.333. The lowest BCUT2D eigenvalue weighted by Crippen LogP contribution is -2.62. The lowest BCUT2D eigenvalue weighted by molar-refractivity contribution is -0.226. The summed E-state index contributed by atoms with van der Waals surface area (Å²) in [7, 11) is 4.04. The topological polar surface area (TPSA) is 59.0 Å². The molecular weight excluding hydrogens is 206 g/mol. The average Bonchev–Trinajstić information content (AvgIpc) is 1.97. The Balaban J connectivity index is 4.16. The Kier molecular flexibility index (Phi) is 5.86.